The van der Waals surface area contributed by atoms with Crippen LogP contribution in [0.4, 0.5) is 0 Å². The number of hydrogen-bond acceptors (Lipinski definition) is 5. The fourth-order valence-corrected chi connectivity index (χ4v) is 2.39. The van der Waals surface area contributed by atoms with Gasteiger partial charge in [0.1, 0.15) is 5.78 Å². The van der Waals surface area contributed by atoms with E-state index in [2.05, 4.69) is 18.1 Å². The molecule has 1 N–H and O–H groups in total. The van der Waals surface area contributed by atoms with Crippen LogP contribution in [0.25, 0.3) is 0 Å². The van der Waals surface area contributed by atoms with E-state index in [0.29, 0.717) is 25.7 Å². The van der Waals surface area contributed by atoms with Crippen LogP contribution in [0.1, 0.15) is 52.0 Å². The molecule has 0 atom stereocenters. The fraction of sp³-hybridized carbons (Fsp3) is 0.579. The van der Waals surface area contributed by atoms with Crippen LogP contribution in [0, 0.1) is 0 Å². The first-order chi connectivity index (χ1) is 11.5. The number of rotatable bonds is 5. The highest BCUT2D eigenvalue weighted by atomic mass is 16.7. The van der Waals surface area contributed by atoms with E-state index in [1.807, 2.05) is 32.9 Å². The van der Waals surface area contributed by atoms with Gasteiger partial charge in [0.05, 0.1) is 5.60 Å². The molecule has 0 aromatic carbocycles. The smallest absolute Gasteiger partial charge is 0.154 e. The van der Waals surface area contributed by atoms with Crippen LogP contribution in [0.5, 0.6) is 0 Å². The van der Waals surface area contributed by atoms with Gasteiger partial charge in [-0.05, 0) is 39.7 Å². The number of pyridine rings is 1. The third kappa shape index (κ3) is 8.34. The third-order valence-corrected chi connectivity index (χ3v) is 3.64. The van der Waals surface area contributed by atoms with Crippen LogP contribution < -0.4 is 0 Å². The summed E-state index contributed by atoms with van der Waals surface area (Å²) in [5.41, 5.74) is -0.00479. The Morgan fingerprint density at radius 2 is 1.79 bits per heavy atom. The summed E-state index contributed by atoms with van der Waals surface area (Å²) in [5.74, 6) is 0.249. The number of carbonyl (C=O) groups is 1. The summed E-state index contributed by atoms with van der Waals surface area (Å²) in [7, 11) is 0. The molecular weight excluding hydrogens is 306 g/mol. The summed E-state index contributed by atoms with van der Waals surface area (Å²) in [6.07, 6.45) is 5.33. The number of hydrogen-bond donors (Lipinski definition) is 1. The fourth-order valence-electron chi connectivity index (χ4n) is 2.39. The number of ether oxygens (including phenoxy) is 2. The summed E-state index contributed by atoms with van der Waals surface area (Å²) in [6, 6.07) is 3.67. The van der Waals surface area contributed by atoms with E-state index in [1.54, 1.807) is 12.4 Å². The molecule has 0 saturated heterocycles. The van der Waals surface area contributed by atoms with Crippen molar-refractivity contribution in [2.24, 2.45) is 0 Å². The molecule has 1 aliphatic rings. The Kier molecular flexibility index (Phi) is 12.0. The lowest BCUT2D eigenvalue weighted by atomic mass is 9.80. The molecule has 0 aliphatic heterocycles. The van der Waals surface area contributed by atoms with Crippen LogP contribution in [0.2, 0.25) is 0 Å². The van der Waals surface area contributed by atoms with Crippen LogP contribution in [0.3, 0.4) is 0 Å². The molecule has 24 heavy (non-hydrogen) atoms. The van der Waals surface area contributed by atoms with E-state index in [0.717, 1.165) is 18.8 Å². The van der Waals surface area contributed by atoms with Gasteiger partial charge in [-0.3, -0.25) is 9.78 Å². The Balaban J connectivity index is 0.000000456. The van der Waals surface area contributed by atoms with Crippen molar-refractivity contribution in [2.45, 2.75) is 58.3 Å². The van der Waals surface area contributed by atoms with Crippen molar-refractivity contribution in [3.63, 3.8) is 0 Å². The zero-order chi connectivity index (χ0) is 18.4. The minimum absolute atomic E-state index is 0.0370. The number of aliphatic hydroxyl groups is 1. The molecule has 1 aromatic heterocycles. The van der Waals surface area contributed by atoms with Crippen molar-refractivity contribution in [2.75, 3.05) is 13.2 Å². The normalized spacial score (nSPS) is 15.8. The quantitative estimate of drug-likeness (QED) is 0.656. The molecule has 136 valence electrons. The number of ketones is 1. The topological polar surface area (TPSA) is 68.7 Å². The number of Topliss-reactive ketones (excluding diaryl/α,β-unsaturated/α-hetero) is 1. The molecule has 5 nitrogen and oxygen atoms in total. The van der Waals surface area contributed by atoms with Gasteiger partial charge < -0.3 is 14.6 Å². The minimum atomic E-state index is -0.831. The summed E-state index contributed by atoms with van der Waals surface area (Å²) in [5, 5.41) is 10.3. The van der Waals surface area contributed by atoms with Gasteiger partial charge >= 0.3 is 0 Å². The van der Waals surface area contributed by atoms with Crippen molar-refractivity contribution < 1.29 is 19.4 Å². The van der Waals surface area contributed by atoms with E-state index in [4.69, 9.17) is 9.47 Å². The largest absolute Gasteiger partial charge is 0.385 e. The summed E-state index contributed by atoms with van der Waals surface area (Å²) >= 11 is 0. The minimum Gasteiger partial charge on any atom is -0.385 e. The lowest BCUT2D eigenvalue weighted by Crippen LogP contribution is -2.31. The second-order valence-corrected chi connectivity index (χ2v) is 5.29. The first-order valence-electron chi connectivity index (χ1n) is 8.39. The zero-order valence-electron chi connectivity index (χ0n) is 15.2. The standard InChI is InChI=1S/C11H13NO2.C6H14O2.C2H4/c13-10-3-5-11(14,6-4-10)9-2-1-7-12-8-9;1-4-7-6(3)8-5-2;1-2/h1-2,7-8,14H,3-6H2;6H,4-5H2,1-3H3;1-2H2. The van der Waals surface area contributed by atoms with Gasteiger partial charge in [-0.25, -0.2) is 0 Å². The van der Waals surface area contributed by atoms with Crippen molar-refractivity contribution in [1.29, 1.82) is 0 Å². The maximum Gasteiger partial charge on any atom is 0.154 e. The Morgan fingerprint density at radius 3 is 2.21 bits per heavy atom. The first-order valence-corrected chi connectivity index (χ1v) is 8.39. The second-order valence-electron chi connectivity index (χ2n) is 5.29. The first kappa shape index (κ1) is 22.4. The average Bonchev–Trinajstić information content (AvgIpc) is 2.61. The van der Waals surface area contributed by atoms with Crippen LogP contribution in [0.15, 0.2) is 37.7 Å². The molecule has 1 saturated carbocycles. The predicted octanol–water partition coefficient (Wildman–Crippen LogP) is 3.62. The van der Waals surface area contributed by atoms with Gasteiger partial charge in [0.2, 0.25) is 0 Å². The average molecular weight is 337 g/mol. The van der Waals surface area contributed by atoms with E-state index < -0.39 is 5.60 Å². The van der Waals surface area contributed by atoms with Gasteiger partial charge in [0, 0.05) is 44.0 Å². The maximum atomic E-state index is 11.1. The maximum absolute atomic E-state index is 11.1. The molecule has 2 rings (SSSR count). The Morgan fingerprint density at radius 1 is 1.25 bits per heavy atom. The number of aromatic nitrogens is 1. The molecular formula is C19H31NO4. The Bertz CT molecular complexity index is 434. The summed E-state index contributed by atoms with van der Waals surface area (Å²) < 4.78 is 10.1. The van der Waals surface area contributed by atoms with Crippen molar-refractivity contribution in [3.05, 3.63) is 43.2 Å². The molecule has 1 fully saturated rings. The van der Waals surface area contributed by atoms with Crippen LogP contribution in [-0.2, 0) is 19.9 Å². The molecule has 1 heterocycles. The zero-order valence-corrected chi connectivity index (χ0v) is 15.2. The molecule has 5 heteroatoms. The predicted molar refractivity (Wildman–Crippen MR) is 95.6 cm³/mol. The van der Waals surface area contributed by atoms with Gasteiger partial charge in [-0.2, -0.15) is 0 Å². The van der Waals surface area contributed by atoms with Crippen molar-refractivity contribution in [3.8, 4) is 0 Å². The molecule has 0 unspecified atom stereocenters. The van der Waals surface area contributed by atoms with E-state index in [9.17, 15) is 9.90 Å². The summed E-state index contributed by atoms with van der Waals surface area (Å²) in [6.45, 7) is 13.3. The van der Waals surface area contributed by atoms with Gasteiger partial charge in [-0.15, -0.1) is 13.2 Å². The second kappa shape index (κ2) is 12.8. The third-order valence-electron chi connectivity index (χ3n) is 3.64. The lowest BCUT2D eigenvalue weighted by molar-refractivity contribution is -0.125. The molecule has 1 aromatic rings. The molecule has 0 bridgehead atoms. The summed E-state index contributed by atoms with van der Waals surface area (Å²) in [4.78, 5) is 15.0. The highest BCUT2D eigenvalue weighted by molar-refractivity contribution is 5.79. The van der Waals surface area contributed by atoms with Gasteiger partial charge in [0.15, 0.2) is 6.29 Å². The van der Waals surface area contributed by atoms with Crippen LogP contribution >= 0.6 is 0 Å². The van der Waals surface area contributed by atoms with Crippen molar-refractivity contribution >= 4 is 5.78 Å². The Hall–Kier alpha value is -1.56. The number of carbonyl (C=O) groups excluding carboxylic acids is 1. The number of nitrogens with zero attached hydrogens (tertiary/aromatic N) is 1. The van der Waals surface area contributed by atoms with E-state index >= 15 is 0 Å². The van der Waals surface area contributed by atoms with Gasteiger partial charge in [-0.1, -0.05) is 6.07 Å². The lowest BCUT2D eigenvalue weighted by Gasteiger charge is -2.31. The van der Waals surface area contributed by atoms with Crippen LogP contribution in [-0.4, -0.2) is 35.4 Å². The highest BCUT2D eigenvalue weighted by Gasteiger charge is 2.33. The monoisotopic (exact) mass is 337 g/mol. The van der Waals surface area contributed by atoms with E-state index in [-0.39, 0.29) is 12.1 Å². The van der Waals surface area contributed by atoms with Crippen molar-refractivity contribution in [1.82, 2.24) is 4.98 Å². The molecule has 0 radical (unpaired) electrons. The van der Waals surface area contributed by atoms with E-state index in [1.165, 1.54) is 0 Å². The Labute approximate surface area is 145 Å². The SMILES string of the molecule is C=C.CCOC(C)OCC.O=C1CCC(O)(c2cccnc2)CC1. The highest BCUT2D eigenvalue weighted by Crippen LogP contribution is 2.34. The molecule has 0 amide bonds. The molecule has 0 spiro atoms. The molecule has 1 aliphatic carbocycles. The van der Waals surface area contributed by atoms with Gasteiger partial charge in [0.25, 0.3) is 0 Å².